The van der Waals surface area contributed by atoms with Crippen molar-refractivity contribution in [1.82, 2.24) is 9.36 Å². The number of anilines is 1. The van der Waals surface area contributed by atoms with Gasteiger partial charge in [-0.2, -0.15) is 9.36 Å². The Morgan fingerprint density at radius 1 is 1.05 bits per heavy atom. The molecular formula is C16H15N3OS. The van der Waals surface area contributed by atoms with Gasteiger partial charge in [0, 0.05) is 23.6 Å². The molecule has 3 aromatic rings. The Labute approximate surface area is 127 Å². The molecule has 0 bridgehead atoms. The second-order valence-electron chi connectivity index (χ2n) is 4.49. The van der Waals surface area contributed by atoms with E-state index in [2.05, 4.69) is 14.7 Å². The van der Waals surface area contributed by atoms with Gasteiger partial charge >= 0.3 is 0 Å². The number of methoxy groups -OCH3 is 1. The highest BCUT2D eigenvalue weighted by molar-refractivity contribution is 7.09. The molecule has 1 heterocycles. The predicted octanol–water partition coefficient (Wildman–Crippen LogP) is 3.83. The summed E-state index contributed by atoms with van der Waals surface area (Å²) < 4.78 is 9.52. The van der Waals surface area contributed by atoms with Crippen LogP contribution in [0.1, 0.15) is 5.56 Å². The van der Waals surface area contributed by atoms with Crippen molar-refractivity contribution in [3.63, 3.8) is 0 Å². The number of ether oxygens (including phenoxy) is 1. The minimum atomic E-state index is 0.716. The predicted molar refractivity (Wildman–Crippen MR) is 85.7 cm³/mol. The van der Waals surface area contributed by atoms with Crippen molar-refractivity contribution in [2.45, 2.75) is 6.54 Å². The molecule has 0 saturated heterocycles. The van der Waals surface area contributed by atoms with Crippen LogP contribution in [0.3, 0.4) is 0 Å². The molecule has 0 saturated carbocycles. The number of benzene rings is 2. The molecule has 2 aromatic carbocycles. The van der Waals surface area contributed by atoms with Gasteiger partial charge in [0.25, 0.3) is 0 Å². The molecule has 0 aliphatic rings. The molecule has 0 radical (unpaired) electrons. The zero-order valence-corrected chi connectivity index (χ0v) is 12.4. The van der Waals surface area contributed by atoms with Crippen molar-refractivity contribution >= 4 is 16.7 Å². The van der Waals surface area contributed by atoms with E-state index in [1.807, 2.05) is 54.6 Å². The van der Waals surface area contributed by atoms with E-state index < -0.39 is 0 Å². The highest BCUT2D eigenvalue weighted by Gasteiger charge is 2.05. The maximum Gasteiger partial charge on any atom is 0.203 e. The van der Waals surface area contributed by atoms with Crippen LogP contribution in [0.25, 0.3) is 11.4 Å². The number of rotatable bonds is 5. The van der Waals surface area contributed by atoms with Crippen molar-refractivity contribution in [3.8, 4) is 17.1 Å². The summed E-state index contributed by atoms with van der Waals surface area (Å²) in [6.07, 6.45) is 0. The third-order valence-corrected chi connectivity index (χ3v) is 3.73. The maximum atomic E-state index is 5.14. The Kier molecular flexibility index (Phi) is 4.12. The molecule has 21 heavy (non-hydrogen) atoms. The lowest BCUT2D eigenvalue weighted by molar-refractivity contribution is 0.414. The van der Waals surface area contributed by atoms with Gasteiger partial charge < -0.3 is 10.1 Å². The van der Waals surface area contributed by atoms with Gasteiger partial charge in [0.2, 0.25) is 5.13 Å². The molecule has 0 spiro atoms. The van der Waals surface area contributed by atoms with Gasteiger partial charge in [0.15, 0.2) is 5.82 Å². The average molecular weight is 297 g/mol. The summed E-state index contributed by atoms with van der Waals surface area (Å²) in [6.45, 7) is 0.716. The van der Waals surface area contributed by atoms with Crippen molar-refractivity contribution in [3.05, 3.63) is 60.2 Å². The zero-order chi connectivity index (χ0) is 14.5. The quantitative estimate of drug-likeness (QED) is 0.777. The molecule has 0 unspecified atom stereocenters. The summed E-state index contributed by atoms with van der Waals surface area (Å²) >= 11 is 1.37. The largest absolute Gasteiger partial charge is 0.497 e. The minimum absolute atomic E-state index is 0.716. The molecule has 0 amide bonds. The second-order valence-corrected chi connectivity index (χ2v) is 5.24. The standard InChI is InChI=1S/C16H15N3OS/c1-20-14-9-7-12(8-10-14)11-17-16-18-15(19-21-16)13-5-3-2-4-6-13/h2-10H,11H2,1H3,(H,17,18,19). The number of nitrogens with one attached hydrogen (secondary N) is 1. The van der Waals surface area contributed by atoms with Crippen LogP contribution in [0.2, 0.25) is 0 Å². The first kappa shape index (κ1) is 13.6. The van der Waals surface area contributed by atoms with E-state index in [9.17, 15) is 0 Å². The van der Waals surface area contributed by atoms with Gasteiger partial charge in [-0.05, 0) is 17.7 Å². The molecule has 4 nitrogen and oxygen atoms in total. The summed E-state index contributed by atoms with van der Waals surface area (Å²) in [5, 5.41) is 4.12. The van der Waals surface area contributed by atoms with Crippen LogP contribution in [0.5, 0.6) is 5.75 Å². The number of aromatic nitrogens is 2. The average Bonchev–Trinajstić information content (AvgIpc) is 3.03. The zero-order valence-electron chi connectivity index (χ0n) is 11.6. The van der Waals surface area contributed by atoms with Gasteiger partial charge in [0.05, 0.1) is 7.11 Å². The summed E-state index contributed by atoms with van der Waals surface area (Å²) in [5.41, 5.74) is 2.21. The fourth-order valence-electron chi connectivity index (χ4n) is 1.92. The summed E-state index contributed by atoms with van der Waals surface area (Å²) in [5.74, 6) is 1.62. The monoisotopic (exact) mass is 297 g/mol. The van der Waals surface area contributed by atoms with Crippen LogP contribution in [-0.2, 0) is 6.54 Å². The van der Waals surface area contributed by atoms with Crippen molar-refractivity contribution < 1.29 is 4.74 Å². The highest BCUT2D eigenvalue weighted by atomic mass is 32.1. The minimum Gasteiger partial charge on any atom is -0.497 e. The van der Waals surface area contributed by atoms with Gasteiger partial charge in [-0.25, -0.2) is 0 Å². The van der Waals surface area contributed by atoms with Gasteiger partial charge in [-0.3, -0.25) is 0 Å². The fraction of sp³-hybridized carbons (Fsp3) is 0.125. The van der Waals surface area contributed by atoms with Gasteiger partial charge in [0.1, 0.15) is 5.75 Å². The lowest BCUT2D eigenvalue weighted by Gasteiger charge is -2.04. The lowest BCUT2D eigenvalue weighted by atomic mass is 10.2. The molecule has 1 N–H and O–H groups in total. The van der Waals surface area contributed by atoms with Gasteiger partial charge in [-0.15, -0.1) is 0 Å². The van der Waals surface area contributed by atoms with Crippen LogP contribution in [0, 0.1) is 0 Å². The van der Waals surface area contributed by atoms with Gasteiger partial charge in [-0.1, -0.05) is 42.5 Å². The normalized spacial score (nSPS) is 10.3. The Balaban J connectivity index is 1.64. The first-order chi connectivity index (χ1) is 10.3. The Morgan fingerprint density at radius 3 is 2.52 bits per heavy atom. The number of hydrogen-bond acceptors (Lipinski definition) is 5. The second kappa shape index (κ2) is 6.37. The number of nitrogens with zero attached hydrogens (tertiary/aromatic N) is 2. The van der Waals surface area contributed by atoms with Crippen molar-refractivity contribution in [1.29, 1.82) is 0 Å². The van der Waals surface area contributed by atoms with E-state index in [1.165, 1.54) is 17.1 Å². The summed E-state index contributed by atoms with van der Waals surface area (Å²) in [6, 6.07) is 17.9. The van der Waals surface area contributed by atoms with Crippen LogP contribution in [-0.4, -0.2) is 16.5 Å². The van der Waals surface area contributed by atoms with Crippen LogP contribution in [0.15, 0.2) is 54.6 Å². The first-order valence-electron chi connectivity index (χ1n) is 6.61. The van der Waals surface area contributed by atoms with Crippen LogP contribution >= 0.6 is 11.5 Å². The van der Waals surface area contributed by atoms with E-state index in [-0.39, 0.29) is 0 Å². The Morgan fingerprint density at radius 2 is 1.81 bits per heavy atom. The van der Waals surface area contributed by atoms with E-state index >= 15 is 0 Å². The molecule has 106 valence electrons. The maximum absolute atomic E-state index is 5.14. The molecule has 1 aromatic heterocycles. The third-order valence-electron chi connectivity index (χ3n) is 3.06. The van der Waals surface area contributed by atoms with E-state index in [0.29, 0.717) is 6.54 Å². The third kappa shape index (κ3) is 3.38. The molecular weight excluding hydrogens is 282 g/mol. The first-order valence-corrected chi connectivity index (χ1v) is 7.38. The van der Waals surface area contributed by atoms with Crippen molar-refractivity contribution in [2.24, 2.45) is 0 Å². The van der Waals surface area contributed by atoms with E-state index in [0.717, 1.165) is 22.3 Å². The number of hydrogen-bond donors (Lipinski definition) is 1. The summed E-state index contributed by atoms with van der Waals surface area (Å²) in [7, 11) is 1.67. The van der Waals surface area contributed by atoms with Crippen molar-refractivity contribution in [2.75, 3.05) is 12.4 Å². The van der Waals surface area contributed by atoms with E-state index in [4.69, 9.17) is 4.74 Å². The molecule has 3 rings (SSSR count). The lowest BCUT2D eigenvalue weighted by Crippen LogP contribution is -1.98. The smallest absolute Gasteiger partial charge is 0.203 e. The fourth-order valence-corrected chi connectivity index (χ4v) is 2.50. The summed E-state index contributed by atoms with van der Waals surface area (Å²) in [4.78, 5) is 4.50. The molecule has 0 aliphatic heterocycles. The van der Waals surface area contributed by atoms with Crippen LogP contribution in [0.4, 0.5) is 5.13 Å². The molecule has 0 atom stereocenters. The molecule has 0 fully saturated rings. The SMILES string of the molecule is COc1ccc(CNc2nc(-c3ccccc3)ns2)cc1. The topological polar surface area (TPSA) is 47.0 Å². The van der Waals surface area contributed by atoms with E-state index in [1.54, 1.807) is 7.11 Å². The molecule has 0 aliphatic carbocycles. The molecule has 5 heteroatoms. The van der Waals surface area contributed by atoms with Crippen LogP contribution < -0.4 is 10.1 Å². The Bertz CT molecular complexity index is 695. The highest BCUT2D eigenvalue weighted by Crippen LogP contribution is 2.21. The Hall–Kier alpha value is -2.40.